The Bertz CT molecular complexity index is 540. The molecule has 4 heteroatoms. The molecule has 2 heterocycles. The first-order chi connectivity index (χ1) is 10.8. The zero-order chi connectivity index (χ0) is 16.2. The fraction of sp³-hybridized carbons (Fsp3) is 0.333. The lowest BCUT2D eigenvalue weighted by molar-refractivity contribution is -0.779. The molecule has 22 heavy (non-hydrogen) atoms. The third kappa shape index (κ3) is 5.95. The fourth-order valence-electron chi connectivity index (χ4n) is 1.98. The summed E-state index contributed by atoms with van der Waals surface area (Å²) in [6.07, 6.45) is 17.1. The van der Waals surface area contributed by atoms with E-state index in [0.717, 1.165) is 37.3 Å². The van der Waals surface area contributed by atoms with Gasteiger partial charge in [0, 0.05) is 12.8 Å². The molecule has 4 nitrogen and oxygen atoms in total. The SMILES string of the molecule is C=CCc1c[n+](CC[n+]2ccnc(CC=C)c2)ccn1.CC. The summed E-state index contributed by atoms with van der Waals surface area (Å²) in [4.78, 5) is 8.61. The highest BCUT2D eigenvalue weighted by Gasteiger charge is 2.08. The number of allylic oxidation sites excluding steroid dienone is 2. The van der Waals surface area contributed by atoms with E-state index in [0.29, 0.717) is 0 Å². The van der Waals surface area contributed by atoms with Crippen molar-refractivity contribution in [2.24, 2.45) is 0 Å². The van der Waals surface area contributed by atoms with Crippen LogP contribution in [0.3, 0.4) is 0 Å². The molecule has 0 aliphatic heterocycles. The second kappa shape index (κ2) is 10.4. The first-order valence-electron chi connectivity index (χ1n) is 7.71. The van der Waals surface area contributed by atoms with Gasteiger partial charge < -0.3 is 0 Å². The van der Waals surface area contributed by atoms with Crippen LogP contribution in [0, 0.1) is 0 Å². The molecule has 2 aromatic heterocycles. The summed E-state index contributed by atoms with van der Waals surface area (Å²) in [5.41, 5.74) is 2.07. The molecular weight excluding hydrogens is 272 g/mol. The number of aryl methyl sites for hydroxylation is 2. The molecule has 0 saturated carbocycles. The van der Waals surface area contributed by atoms with Gasteiger partial charge in [-0.25, -0.2) is 9.97 Å². The molecule has 0 unspecified atom stereocenters. The van der Waals surface area contributed by atoms with Crippen LogP contribution in [-0.4, -0.2) is 9.97 Å². The summed E-state index contributed by atoms with van der Waals surface area (Å²) in [5.74, 6) is 0. The molecule has 116 valence electrons. The van der Waals surface area contributed by atoms with E-state index in [1.165, 1.54) is 0 Å². The highest BCUT2D eigenvalue weighted by atomic mass is 15.0. The lowest BCUT2D eigenvalue weighted by Crippen LogP contribution is -2.44. The summed E-state index contributed by atoms with van der Waals surface area (Å²) in [7, 11) is 0. The van der Waals surface area contributed by atoms with Gasteiger partial charge >= 0.3 is 0 Å². The van der Waals surface area contributed by atoms with Crippen molar-refractivity contribution in [3.8, 4) is 0 Å². The average Bonchev–Trinajstić information content (AvgIpc) is 2.56. The molecule has 0 atom stereocenters. The van der Waals surface area contributed by atoms with Gasteiger partial charge in [-0.3, -0.25) is 0 Å². The Morgan fingerprint density at radius 1 is 0.864 bits per heavy atom. The summed E-state index contributed by atoms with van der Waals surface area (Å²) in [6.45, 7) is 13.3. The van der Waals surface area contributed by atoms with Crippen molar-refractivity contribution >= 4 is 0 Å². The van der Waals surface area contributed by atoms with Gasteiger partial charge in [-0.05, 0) is 0 Å². The van der Waals surface area contributed by atoms with Gasteiger partial charge in [-0.2, -0.15) is 9.13 Å². The molecule has 0 saturated heterocycles. The molecule has 2 aromatic rings. The normalized spacial score (nSPS) is 9.55. The van der Waals surface area contributed by atoms with Crippen molar-refractivity contribution in [2.75, 3.05) is 0 Å². The quantitative estimate of drug-likeness (QED) is 0.580. The van der Waals surface area contributed by atoms with Crippen molar-refractivity contribution in [2.45, 2.75) is 39.8 Å². The van der Waals surface area contributed by atoms with Gasteiger partial charge in [-0.15, -0.1) is 13.2 Å². The predicted molar refractivity (Wildman–Crippen MR) is 88.0 cm³/mol. The average molecular weight is 298 g/mol. The smallest absolute Gasteiger partial charge is 0.206 e. The maximum absolute atomic E-state index is 4.30. The third-order valence-corrected chi connectivity index (χ3v) is 2.95. The van der Waals surface area contributed by atoms with Gasteiger partial charge in [0.25, 0.3) is 0 Å². The summed E-state index contributed by atoms with van der Waals surface area (Å²) in [6, 6.07) is 0. The van der Waals surface area contributed by atoms with E-state index >= 15 is 0 Å². The Hall–Kier alpha value is -2.36. The molecule has 0 bridgehead atoms. The molecular formula is C18H26N4+2. The summed E-state index contributed by atoms with van der Waals surface area (Å²) in [5, 5.41) is 0. The van der Waals surface area contributed by atoms with Crippen LogP contribution in [0.25, 0.3) is 0 Å². The number of nitrogens with zero attached hydrogens (tertiary/aromatic N) is 4. The Kier molecular flexibility index (Phi) is 8.35. The predicted octanol–water partition coefficient (Wildman–Crippen LogP) is 2.23. The molecule has 2 rings (SSSR count). The van der Waals surface area contributed by atoms with Crippen molar-refractivity contribution in [3.63, 3.8) is 0 Å². The van der Waals surface area contributed by atoms with Crippen LogP contribution in [0.1, 0.15) is 25.2 Å². The maximum Gasteiger partial charge on any atom is 0.206 e. The van der Waals surface area contributed by atoms with Crippen LogP contribution in [0.15, 0.2) is 62.5 Å². The van der Waals surface area contributed by atoms with Crippen LogP contribution in [0.4, 0.5) is 0 Å². The van der Waals surface area contributed by atoms with E-state index in [2.05, 4.69) is 44.7 Å². The van der Waals surface area contributed by atoms with Crippen LogP contribution in [0.2, 0.25) is 0 Å². The largest absolute Gasteiger partial charge is 0.248 e. The zero-order valence-corrected chi connectivity index (χ0v) is 13.7. The number of aromatic nitrogens is 4. The minimum atomic E-state index is 0.798. The van der Waals surface area contributed by atoms with Crippen LogP contribution in [0.5, 0.6) is 0 Å². The molecule has 0 fully saturated rings. The lowest BCUT2D eigenvalue weighted by atomic mass is 10.3. The van der Waals surface area contributed by atoms with Gasteiger partial charge in [-0.1, -0.05) is 26.0 Å². The first kappa shape index (κ1) is 17.7. The van der Waals surface area contributed by atoms with Gasteiger partial charge in [0.15, 0.2) is 24.8 Å². The van der Waals surface area contributed by atoms with Crippen LogP contribution < -0.4 is 9.13 Å². The standard InChI is InChI=1S/C16H20N4.C2H6/c1-3-5-15-13-19(9-7-17-15)11-12-20-10-8-18-16(14-20)6-4-2;1-2/h3-4,7-10,13-14H,1-2,5-6,11-12H2;1-2H3/q+2;. The summed E-state index contributed by atoms with van der Waals surface area (Å²) < 4.78 is 4.29. The van der Waals surface area contributed by atoms with Crippen LogP contribution in [-0.2, 0) is 25.9 Å². The van der Waals surface area contributed by atoms with Crippen molar-refractivity contribution in [3.05, 3.63) is 73.9 Å². The molecule has 0 aliphatic carbocycles. The molecule has 0 aromatic carbocycles. The molecule has 0 N–H and O–H groups in total. The Morgan fingerprint density at radius 3 is 1.64 bits per heavy atom. The number of hydrogen-bond acceptors (Lipinski definition) is 2. The minimum Gasteiger partial charge on any atom is -0.248 e. The van der Waals surface area contributed by atoms with Gasteiger partial charge in [0.05, 0.1) is 12.4 Å². The first-order valence-corrected chi connectivity index (χ1v) is 7.71. The topological polar surface area (TPSA) is 33.5 Å². The van der Waals surface area contributed by atoms with E-state index in [-0.39, 0.29) is 0 Å². The molecule has 0 amide bonds. The second-order valence-corrected chi connectivity index (χ2v) is 4.56. The molecule has 0 radical (unpaired) electrons. The van der Waals surface area contributed by atoms with E-state index in [1.54, 1.807) is 0 Å². The van der Waals surface area contributed by atoms with E-state index < -0.39 is 0 Å². The van der Waals surface area contributed by atoms with Gasteiger partial charge in [0.1, 0.15) is 11.4 Å². The number of hydrogen-bond donors (Lipinski definition) is 0. The van der Waals surface area contributed by atoms with Crippen molar-refractivity contribution < 1.29 is 9.13 Å². The van der Waals surface area contributed by atoms with Crippen molar-refractivity contribution in [1.29, 1.82) is 0 Å². The van der Waals surface area contributed by atoms with Crippen LogP contribution >= 0.6 is 0 Å². The Labute approximate surface area is 133 Å². The number of rotatable bonds is 7. The second-order valence-electron chi connectivity index (χ2n) is 4.56. The zero-order valence-electron chi connectivity index (χ0n) is 13.7. The Balaban J connectivity index is 0.00000116. The van der Waals surface area contributed by atoms with E-state index in [9.17, 15) is 0 Å². The fourth-order valence-corrected chi connectivity index (χ4v) is 1.98. The third-order valence-electron chi connectivity index (χ3n) is 2.95. The minimum absolute atomic E-state index is 0.798. The maximum atomic E-state index is 4.30. The monoisotopic (exact) mass is 298 g/mol. The van der Waals surface area contributed by atoms with E-state index in [1.807, 2.05) is 50.8 Å². The molecule has 0 aliphatic rings. The highest BCUT2D eigenvalue weighted by molar-refractivity contribution is 4.97. The molecule has 0 spiro atoms. The summed E-state index contributed by atoms with van der Waals surface area (Å²) >= 11 is 0. The lowest BCUT2D eigenvalue weighted by Gasteiger charge is -1.98. The van der Waals surface area contributed by atoms with E-state index in [4.69, 9.17) is 0 Å². The van der Waals surface area contributed by atoms with Gasteiger partial charge in [0.2, 0.25) is 13.1 Å². The van der Waals surface area contributed by atoms with Crippen molar-refractivity contribution in [1.82, 2.24) is 9.97 Å². The highest BCUT2D eigenvalue weighted by Crippen LogP contribution is 1.92. The Morgan fingerprint density at radius 2 is 1.27 bits per heavy atom.